The van der Waals surface area contributed by atoms with E-state index in [1.165, 1.54) is 63.5 Å². The monoisotopic (exact) mass is 295 g/mol. The molecule has 0 unspecified atom stereocenters. The quantitative estimate of drug-likeness (QED) is 0.545. The van der Waals surface area contributed by atoms with Gasteiger partial charge in [0.05, 0.1) is 14.7 Å². The van der Waals surface area contributed by atoms with E-state index in [2.05, 4.69) is 6.92 Å². The number of hydrogen-bond donors (Lipinski definition) is 1. The van der Waals surface area contributed by atoms with E-state index in [4.69, 9.17) is 5.11 Å². The van der Waals surface area contributed by atoms with Crippen LogP contribution in [0.25, 0.3) is 0 Å². The highest BCUT2D eigenvalue weighted by Gasteiger charge is 2.33. The Labute approximate surface area is 126 Å². The van der Waals surface area contributed by atoms with Crippen molar-refractivity contribution in [2.45, 2.75) is 88.8 Å². The van der Waals surface area contributed by atoms with Crippen LogP contribution in [-0.4, -0.2) is 19.9 Å². The minimum Gasteiger partial charge on any atom is -0.481 e. The minimum atomic E-state index is -0.550. The van der Waals surface area contributed by atoms with Gasteiger partial charge in [-0.25, -0.2) is 0 Å². The Hall–Kier alpha value is -0.313. The number of unbranched alkanes of at least 4 members (excludes halogenated alkanes) is 2. The number of hydrogen-bond acceptors (Lipinski definition) is 1. The van der Waals surface area contributed by atoms with Crippen LogP contribution in [-0.2, 0) is 4.79 Å². The molecule has 0 aromatic carbocycles. The fourth-order valence-corrected chi connectivity index (χ4v) is 7.84. The van der Waals surface area contributed by atoms with Gasteiger partial charge in [-0.1, -0.05) is 70.4 Å². The highest BCUT2D eigenvalue weighted by molar-refractivity contribution is 6.60. The van der Waals surface area contributed by atoms with Gasteiger partial charge in [-0.05, 0) is 24.3 Å². The Bertz CT molecular complexity index is 289. The van der Waals surface area contributed by atoms with Crippen LogP contribution >= 0.6 is 0 Å². The van der Waals surface area contributed by atoms with Gasteiger partial charge in [0.15, 0.2) is 0 Å². The van der Waals surface area contributed by atoms with E-state index >= 15 is 0 Å². The van der Waals surface area contributed by atoms with Crippen LogP contribution in [0.15, 0.2) is 0 Å². The van der Waals surface area contributed by atoms with Crippen LogP contribution in [0.5, 0.6) is 0 Å². The fraction of sp³-hybridized carbons (Fsp3) is 0.941. The summed E-state index contributed by atoms with van der Waals surface area (Å²) in [6, 6.07) is 2.54. The summed E-state index contributed by atoms with van der Waals surface area (Å²) in [4.78, 5) is 11.0. The maximum Gasteiger partial charge on any atom is 0.306 e. The SMILES string of the molecule is CCCCCC1CCC([Si]2CCC(C(=O)O)CC2)CC1. The second kappa shape index (κ2) is 8.21. The molecule has 1 aliphatic heterocycles. The smallest absolute Gasteiger partial charge is 0.306 e. The molecule has 1 aliphatic carbocycles. The van der Waals surface area contributed by atoms with Gasteiger partial charge in [-0.15, -0.1) is 0 Å². The predicted octanol–water partition coefficient (Wildman–Crippen LogP) is 5.12. The third kappa shape index (κ3) is 4.61. The Morgan fingerprint density at radius 2 is 1.70 bits per heavy atom. The number of rotatable bonds is 6. The average Bonchev–Trinajstić information content (AvgIpc) is 2.48. The lowest BCUT2D eigenvalue weighted by Gasteiger charge is -2.36. The van der Waals surface area contributed by atoms with Crippen molar-refractivity contribution in [1.29, 1.82) is 0 Å². The number of carbonyl (C=O) groups is 1. The zero-order chi connectivity index (χ0) is 14.4. The third-order valence-electron chi connectivity index (χ3n) is 5.62. The van der Waals surface area contributed by atoms with Gasteiger partial charge in [0.25, 0.3) is 0 Å². The molecule has 115 valence electrons. The predicted molar refractivity (Wildman–Crippen MR) is 85.6 cm³/mol. The molecular formula is C17H31O2Si. The Balaban J connectivity index is 1.65. The van der Waals surface area contributed by atoms with E-state index in [1.54, 1.807) is 0 Å². The summed E-state index contributed by atoms with van der Waals surface area (Å²) in [5, 5.41) is 9.08. The molecule has 2 nitrogen and oxygen atoms in total. The van der Waals surface area contributed by atoms with Crippen LogP contribution in [0.1, 0.15) is 71.1 Å². The highest BCUT2D eigenvalue weighted by Crippen LogP contribution is 2.42. The molecule has 2 aliphatic rings. The summed E-state index contributed by atoms with van der Waals surface area (Å²) >= 11 is 0. The van der Waals surface area contributed by atoms with Crippen molar-refractivity contribution >= 4 is 14.8 Å². The zero-order valence-corrected chi connectivity index (χ0v) is 14.1. The van der Waals surface area contributed by atoms with E-state index in [0.717, 1.165) is 24.3 Å². The molecular weight excluding hydrogens is 264 g/mol. The fourth-order valence-electron chi connectivity index (χ4n) is 4.19. The lowest BCUT2D eigenvalue weighted by Crippen LogP contribution is -2.31. The first-order chi connectivity index (χ1) is 9.70. The third-order valence-corrected chi connectivity index (χ3v) is 9.21. The molecule has 0 atom stereocenters. The van der Waals surface area contributed by atoms with Gasteiger partial charge in [0.1, 0.15) is 0 Å². The molecule has 1 saturated heterocycles. The molecule has 0 spiro atoms. The summed E-state index contributed by atoms with van der Waals surface area (Å²) < 4.78 is 0. The summed E-state index contributed by atoms with van der Waals surface area (Å²) in [5.74, 6) is 0.440. The van der Waals surface area contributed by atoms with E-state index < -0.39 is 5.97 Å². The Kier molecular flexibility index (Phi) is 6.59. The van der Waals surface area contributed by atoms with Crippen molar-refractivity contribution in [3.05, 3.63) is 0 Å². The number of aliphatic carboxylic acids is 1. The first kappa shape index (κ1) is 16.1. The molecule has 20 heavy (non-hydrogen) atoms. The Morgan fingerprint density at radius 3 is 2.25 bits per heavy atom. The first-order valence-electron chi connectivity index (χ1n) is 8.78. The van der Waals surface area contributed by atoms with Gasteiger partial charge < -0.3 is 5.11 Å². The van der Waals surface area contributed by atoms with Crippen molar-refractivity contribution in [2.75, 3.05) is 0 Å². The summed E-state index contributed by atoms with van der Waals surface area (Å²) in [6.45, 7) is 2.29. The van der Waals surface area contributed by atoms with E-state index in [0.29, 0.717) is 0 Å². The lowest BCUT2D eigenvalue weighted by molar-refractivity contribution is -0.142. The molecule has 1 N–H and O–H groups in total. The maximum absolute atomic E-state index is 11.0. The molecule has 1 heterocycles. The maximum atomic E-state index is 11.0. The Morgan fingerprint density at radius 1 is 1.05 bits per heavy atom. The van der Waals surface area contributed by atoms with Crippen LogP contribution in [0.3, 0.4) is 0 Å². The van der Waals surface area contributed by atoms with Crippen LogP contribution in [0.4, 0.5) is 0 Å². The van der Waals surface area contributed by atoms with Crippen molar-refractivity contribution in [2.24, 2.45) is 11.8 Å². The highest BCUT2D eigenvalue weighted by atomic mass is 28.3. The first-order valence-corrected chi connectivity index (χ1v) is 10.8. The second-order valence-electron chi connectivity index (χ2n) is 6.98. The number of carboxylic acids is 1. The van der Waals surface area contributed by atoms with Gasteiger partial charge in [-0.3, -0.25) is 4.79 Å². The molecule has 0 amide bonds. The van der Waals surface area contributed by atoms with Crippen molar-refractivity contribution < 1.29 is 9.90 Å². The van der Waals surface area contributed by atoms with Gasteiger partial charge in [0, 0.05) is 0 Å². The second-order valence-corrected chi connectivity index (χ2v) is 10.1. The molecule has 0 aromatic heterocycles. The summed E-state index contributed by atoms with van der Waals surface area (Å²) in [6.07, 6.45) is 13.4. The largest absolute Gasteiger partial charge is 0.481 e. The topological polar surface area (TPSA) is 37.3 Å². The van der Waals surface area contributed by atoms with Gasteiger partial charge in [-0.2, -0.15) is 0 Å². The molecule has 1 radical (unpaired) electrons. The molecule has 1 saturated carbocycles. The zero-order valence-electron chi connectivity index (χ0n) is 13.1. The summed E-state index contributed by atoms with van der Waals surface area (Å²) in [5.41, 5.74) is 1.01. The minimum absolute atomic E-state index is 0.0193. The van der Waals surface area contributed by atoms with Gasteiger partial charge in [0.2, 0.25) is 0 Å². The molecule has 2 fully saturated rings. The van der Waals surface area contributed by atoms with E-state index in [9.17, 15) is 4.79 Å². The normalized spacial score (nSPS) is 29.4. The average molecular weight is 296 g/mol. The van der Waals surface area contributed by atoms with Gasteiger partial charge >= 0.3 is 5.97 Å². The van der Waals surface area contributed by atoms with Crippen molar-refractivity contribution in [3.63, 3.8) is 0 Å². The van der Waals surface area contributed by atoms with E-state index in [1.807, 2.05) is 0 Å². The van der Waals surface area contributed by atoms with Crippen molar-refractivity contribution in [3.8, 4) is 0 Å². The van der Waals surface area contributed by atoms with Crippen LogP contribution in [0.2, 0.25) is 17.6 Å². The lowest BCUT2D eigenvalue weighted by atomic mass is 9.85. The number of carboxylic acid groups (broad SMARTS) is 1. The summed E-state index contributed by atoms with van der Waals surface area (Å²) in [7, 11) is -0.225. The van der Waals surface area contributed by atoms with Crippen LogP contribution < -0.4 is 0 Å². The standard InChI is InChI=1S/C17H31O2Si/c1-2-3-4-5-14-6-8-16(9-7-14)20-12-10-15(11-13-20)17(18)19/h14-16H,2-13H2,1H3,(H,18,19). The van der Waals surface area contributed by atoms with Crippen molar-refractivity contribution in [1.82, 2.24) is 0 Å². The molecule has 3 heteroatoms. The van der Waals surface area contributed by atoms with Crippen LogP contribution in [0, 0.1) is 11.8 Å². The van der Waals surface area contributed by atoms with E-state index in [-0.39, 0.29) is 14.7 Å². The molecule has 2 rings (SSSR count). The molecule has 0 aromatic rings. The molecule has 0 bridgehead atoms.